The summed E-state index contributed by atoms with van der Waals surface area (Å²) in [7, 11) is 0. The Bertz CT molecular complexity index is 1080. The Morgan fingerprint density at radius 2 is 1.59 bits per heavy atom. The van der Waals surface area contributed by atoms with E-state index in [9.17, 15) is 0 Å². The number of para-hydroxylation sites is 1. The molecule has 2 fully saturated rings. The summed E-state index contributed by atoms with van der Waals surface area (Å²) in [6.45, 7) is 4.39. The van der Waals surface area contributed by atoms with Crippen LogP contribution in [0.25, 0.3) is 0 Å². The molecule has 5 nitrogen and oxygen atoms in total. The molecule has 0 unspecified atom stereocenters. The number of rotatable bonds is 5. The van der Waals surface area contributed by atoms with E-state index in [1.807, 2.05) is 0 Å². The molecule has 5 heteroatoms. The third kappa shape index (κ3) is 4.09. The summed E-state index contributed by atoms with van der Waals surface area (Å²) in [6.07, 6.45) is 7.86. The largest absolute Gasteiger partial charge is 0.356 e. The van der Waals surface area contributed by atoms with E-state index in [0.29, 0.717) is 12.0 Å². The van der Waals surface area contributed by atoms with E-state index in [1.165, 1.54) is 61.0 Å². The summed E-state index contributed by atoms with van der Waals surface area (Å²) in [5.74, 6) is 2.63. The van der Waals surface area contributed by atoms with Crippen LogP contribution < -0.4 is 10.2 Å². The van der Waals surface area contributed by atoms with Crippen molar-refractivity contribution >= 4 is 17.3 Å². The molecule has 1 aromatic heterocycles. The van der Waals surface area contributed by atoms with Gasteiger partial charge >= 0.3 is 0 Å². The minimum atomic E-state index is 0.671. The van der Waals surface area contributed by atoms with Crippen molar-refractivity contribution in [3.05, 3.63) is 77.6 Å². The molecular weight excluding hydrogens is 394 g/mol. The molecular formula is C27H31N5. The van der Waals surface area contributed by atoms with Crippen LogP contribution in [0.2, 0.25) is 0 Å². The Labute approximate surface area is 190 Å². The number of fused-ring (bicyclic) bond motifs is 1. The number of benzene rings is 2. The van der Waals surface area contributed by atoms with Crippen molar-refractivity contribution in [1.29, 1.82) is 0 Å². The van der Waals surface area contributed by atoms with Gasteiger partial charge in [-0.3, -0.25) is 4.90 Å². The van der Waals surface area contributed by atoms with Crippen molar-refractivity contribution < 1.29 is 0 Å². The van der Waals surface area contributed by atoms with E-state index in [4.69, 9.17) is 0 Å². The number of nitrogens with zero attached hydrogens (tertiary/aromatic N) is 4. The lowest BCUT2D eigenvalue weighted by molar-refractivity contribution is 0.153. The van der Waals surface area contributed by atoms with Gasteiger partial charge in [-0.2, -0.15) is 0 Å². The highest BCUT2D eigenvalue weighted by molar-refractivity contribution is 5.64. The number of nitrogens with one attached hydrogen (secondary N) is 1. The zero-order valence-electron chi connectivity index (χ0n) is 18.6. The van der Waals surface area contributed by atoms with E-state index >= 15 is 0 Å². The standard InChI is InChI=1S/C27H31N5/c1-2-6-22-18-32(14-11-20(22)5-1)23-12-15-31(16-13-23)27-17-26(28-19-29-27)30-25-8-4-3-7-24(25)21-9-10-21/h1-8,17,19,21,23H,9-16,18H2,(H,28,29,30). The molecule has 32 heavy (non-hydrogen) atoms. The van der Waals surface area contributed by atoms with Crippen LogP contribution in [0.4, 0.5) is 17.3 Å². The Kier molecular flexibility index (Phi) is 5.27. The van der Waals surface area contributed by atoms with Crippen molar-refractivity contribution in [3.8, 4) is 0 Å². The molecule has 2 aliphatic heterocycles. The topological polar surface area (TPSA) is 44.3 Å². The first-order chi connectivity index (χ1) is 15.8. The third-order valence-corrected chi connectivity index (χ3v) is 7.36. The first-order valence-corrected chi connectivity index (χ1v) is 12.1. The molecule has 0 bridgehead atoms. The van der Waals surface area contributed by atoms with Crippen LogP contribution in [0.15, 0.2) is 60.9 Å². The van der Waals surface area contributed by atoms with Crippen molar-refractivity contribution in [2.24, 2.45) is 0 Å². The second kappa shape index (κ2) is 8.55. The zero-order chi connectivity index (χ0) is 21.3. The fourth-order valence-corrected chi connectivity index (χ4v) is 5.38. The monoisotopic (exact) mass is 425 g/mol. The summed E-state index contributed by atoms with van der Waals surface area (Å²) in [4.78, 5) is 14.2. The molecule has 0 radical (unpaired) electrons. The minimum absolute atomic E-state index is 0.671. The van der Waals surface area contributed by atoms with E-state index in [-0.39, 0.29) is 0 Å². The summed E-state index contributed by atoms with van der Waals surface area (Å²) in [5.41, 5.74) is 5.64. The quantitative estimate of drug-likeness (QED) is 0.614. The summed E-state index contributed by atoms with van der Waals surface area (Å²) < 4.78 is 0. The molecule has 164 valence electrons. The molecule has 0 atom stereocenters. The van der Waals surface area contributed by atoms with Gasteiger partial charge in [0.05, 0.1) is 0 Å². The van der Waals surface area contributed by atoms with Gasteiger partial charge in [-0.25, -0.2) is 9.97 Å². The summed E-state index contributed by atoms with van der Waals surface area (Å²) >= 11 is 0. The van der Waals surface area contributed by atoms with Crippen LogP contribution in [0.5, 0.6) is 0 Å². The van der Waals surface area contributed by atoms with Crippen LogP contribution in [0.1, 0.15) is 48.3 Å². The maximum Gasteiger partial charge on any atom is 0.135 e. The highest BCUT2D eigenvalue weighted by Crippen LogP contribution is 2.43. The summed E-state index contributed by atoms with van der Waals surface area (Å²) in [6, 6.07) is 20.4. The van der Waals surface area contributed by atoms with Crippen molar-refractivity contribution in [2.45, 2.75) is 50.6 Å². The second-order valence-electron chi connectivity index (χ2n) is 9.46. The van der Waals surface area contributed by atoms with Gasteiger partial charge < -0.3 is 10.2 Å². The number of hydrogen-bond acceptors (Lipinski definition) is 5. The van der Waals surface area contributed by atoms with Crippen molar-refractivity contribution in [1.82, 2.24) is 14.9 Å². The van der Waals surface area contributed by atoms with Gasteiger partial charge in [0.25, 0.3) is 0 Å². The van der Waals surface area contributed by atoms with Crippen LogP contribution >= 0.6 is 0 Å². The smallest absolute Gasteiger partial charge is 0.135 e. The maximum absolute atomic E-state index is 4.60. The fraction of sp³-hybridized carbons (Fsp3) is 0.407. The van der Waals surface area contributed by atoms with Crippen LogP contribution in [0.3, 0.4) is 0 Å². The van der Waals surface area contributed by atoms with E-state index < -0.39 is 0 Å². The fourth-order valence-electron chi connectivity index (χ4n) is 5.38. The van der Waals surface area contributed by atoms with Gasteiger partial charge in [0.2, 0.25) is 0 Å². The normalized spacial score (nSPS) is 19.6. The Hall–Kier alpha value is -2.92. The minimum Gasteiger partial charge on any atom is -0.356 e. The van der Waals surface area contributed by atoms with Crippen molar-refractivity contribution in [3.63, 3.8) is 0 Å². The molecule has 0 spiro atoms. The molecule has 3 heterocycles. The average Bonchev–Trinajstić information content (AvgIpc) is 3.70. The lowest BCUT2D eigenvalue weighted by Crippen LogP contribution is -2.46. The van der Waals surface area contributed by atoms with Gasteiger partial charge in [-0.1, -0.05) is 42.5 Å². The number of anilines is 3. The SMILES string of the molecule is c1ccc2c(c1)CCN(C1CCN(c3cc(Nc4ccccc4C4CC4)ncn3)CC1)C2. The first kappa shape index (κ1) is 19.7. The number of hydrogen-bond donors (Lipinski definition) is 1. The Balaban J connectivity index is 1.10. The Morgan fingerprint density at radius 3 is 2.44 bits per heavy atom. The van der Waals surface area contributed by atoms with Gasteiger partial charge in [0.15, 0.2) is 0 Å². The second-order valence-corrected chi connectivity index (χ2v) is 9.46. The van der Waals surface area contributed by atoms with Crippen LogP contribution in [0, 0.1) is 0 Å². The third-order valence-electron chi connectivity index (χ3n) is 7.36. The van der Waals surface area contributed by atoms with Gasteiger partial charge in [-0.05, 0) is 60.8 Å². The van der Waals surface area contributed by atoms with Gasteiger partial charge in [-0.15, -0.1) is 0 Å². The van der Waals surface area contributed by atoms with E-state index in [0.717, 1.165) is 31.3 Å². The molecule has 1 N–H and O–H groups in total. The molecule has 1 aliphatic carbocycles. The molecule has 0 amide bonds. The molecule has 1 saturated heterocycles. The number of aromatic nitrogens is 2. The number of piperidine rings is 1. The van der Waals surface area contributed by atoms with Crippen LogP contribution in [-0.2, 0) is 13.0 Å². The molecule has 3 aliphatic rings. The zero-order valence-corrected chi connectivity index (χ0v) is 18.6. The molecule has 3 aromatic rings. The lowest BCUT2D eigenvalue weighted by atomic mass is 9.95. The highest BCUT2D eigenvalue weighted by Gasteiger charge is 2.28. The molecule has 6 rings (SSSR count). The van der Waals surface area contributed by atoms with Crippen LogP contribution in [-0.4, -0.2) is 40.5 Å². The predicted molar refractivity (Wildman–Crippen MR) is 130 cm³/mol. The van der Waals surface area contributed by atoms with Gasteiger partial charge in [0.1, 0.15) is 18.0 Å². The maximum atomic E-state index is 4.60. The van der Waals surface area contributed by atoms with E-state index in [2.05, 4.69) is 79.7 Å². The molecule has 1 saturated carbocycles. The Morgan fingerprint density at radius 1 is 0.812 bits per heavy atom. The predicted octanol–water partition coefficient (Wildman–Crippen LogP) is 5.12. The van der Waals surface area contributed by atoms with Gasteiger partial charge in [0, 0.05) is 44.0 Å². The van der Waals surface area contributed by atoms with E-state index in [1.54, 1.807) is 6.33 Å². The average molecular weight is 426 g/mol. The van der Waals surface area contributed by atoms with Crippen molar-refractivity contribution in [2.75, 3.05) is 29.9 Å². The lowest BCUT2D eigenvalue weighted by Gasteiger charge is -2.41. The highest BCUT2D eigenvalue weighted by atomic mass is 15.2. The summed E-state index contributed by atoms with van der Waals surface area (Å²) in [5, 5.41) is 3.56. The molecule has 2 aromatic carbocycles. The first-order valence-electron chi connectivity index (χ1n) is 12.1.